The fourth-order valence-corrected chi connectivity index (χ4v) is 2.22. The fourth-order valence-electron chi connectivity index (χ4n) is 2.22. The number of fused-ring (bicyclic) bond motifs is 1. The average molecular weight is 281 g/mol. The highest BCUT2D eigenvalue weighted by Gasteiger charge is 2.08. The van der Waals surface area contributed by atoms with Gasteiger partial charge in [-0.25, -0.2) is 4.98 Å². The van der Waals surface area contributed by atoms with Crippen molar-refractivity contribution in [1.29, 1.82) is 0 Å². The number of aromatic nitrogens is 2. The van der Waals surface area contributed by atoms with Gasteiger partial charge in [-0.1, -0.05) is 6.07 Å². The molecule has 1 aromatic carbocycles. The third-order valence-corrected chi connectivity index (χ3v) is 3.25. The highest BCUT2D eigenvalue weighted by atomic mass is 16.6. The third kappa shape index (κ3) is 2.27. The molecule has 104 valence electrons. The van der Waals surface area contributed by atoms with Crippen molar-refractivity contribution in [3.63, 3.8) is 0 Å². The summed E-state index contributed by atoms with van der Waals surface area (Å²) >= 11 is 0. The number of aryl methyl sites for hydroxylation is 1. The van der Waals surface area contributed by atoms with Crippen molar-refractivity contribution in [2.45, 2.75) is 6.92 Å². The van der Waals surface area contributed by atoms with Crippen LogP contribution in [-0.2, 0) is 0 Å². The van der Waals surface area contributed by atoms with Crippen LogP contribution >= 0.6 is 0 Å². The molecule has 6 nitrogen and oxygen atoms in total. The highest BCUT2D eigenvalue weighted by Crippen LogP contribution is 2.20. The molecule has 0 fully saturated rings. The van der Waals surface area contributed by atoms with E-state index in [9.17, 15) is 14.9 Å². The molecule has 0 saturated carbocycles. The molecule has 0 unspecified atom stereocenters. The molecule has 0 saturated heterocycles. The summed E-state index contributed by atoms with van der Waals surface area (Å²) in [6.45, 7) is 1.83. The largest absolute Gasteiger partial charge is 0.269 e. The summed E-state index contributed by atoms with van der Waals surface area (Å²) in [6.07, 6.45) is 0. The molecule has 0 spiro atoms. The van der Waals surface area contributed by atoms with E-state index < -0.39 is 4.92 Å². The number of non-ortho nitro benzene ring substituents is 1. The van der Waals surface area contributed by atoms with E-state index in [1.54, 1.807) is 18.2 Å². The number of benzene rings is 1. The quantitative estimate of drug-likeness (QED) is 0.534. The van der Waals surface area contributed by atoms with Crippen LogP contribution in [0.1, 0.15) is 5.69 Å². The first-order chi connectivity index (χ1) is 10.1. The minimum Gasteiger partial charge on any atom is -0.269 e. The predicted molar refractivity (Wildman–Crippen MR) is 78.3 cm³/mol. The van der Waals surface area contributed by atoms with E-state index in [0.29, 0.717) is 16.9 Å². The second-order valence-electron chi connectivity index (χ2n) is 4.64. The van der Waals surface area contributed by atoms with Crippen LogP contribution in [0, 0.1) is 17.0 Å². The Morgan fingerprint density at radius 1 is 1.14 bits per heavy atom. The molecule has 3 rings (SSSR count). The monoisotopic (exact) mass is 281 g/mol. The second kappa shape index (κ2) is 4.82. The first-order valence-electron chi connectivity index (χ1n) is 6.30. The van der Waals surface area contributed by atoms with Crippen LogP contribution in [0.4, 0.5) is 5.69 Å². The normalized spacial score (nSPS) is 10.7. The van der Waals surface area contributed by atoms with Gasteiger partial charge in [0.15, 0.2) is 0 Å². The van der Waals surface area contributed by atoms with Crippen molar-refractivity contribution in [3.8, 4) is 11.3 Å². The van der Waals surface area contributed by atoms with Gasteiger partial charge in [0, 0.05) is 29.5 Å². The van der Waals surface area contributed by atoms with Gasteiger partial charge >= 0.3 is 0 Å². The zero-order chi connectivity index (χ0) is 15.0. The van der Waals surface area contributed by atoms with Gasteiger partial charge in [0.25, 0.3) is 11.2 Å². The molecule has 0 atom stereocenters. The number of hydrogen-bond acceptors (Lipinski definition) is 4. The Hall–Kier alpha value is -3.02. The first-order valence-corrected chi connectivity index (χ1v) is 6.30. The molecule has 0 aliphatic rings. The number of nitrogens with zero attached hydrogens (tertiary/aromatic N) is 3. The summed E-state index contributed by atoms with van der Waals surface area (Å²) in [5, 5.41) is 10.7. The van der Waals surface area contributed by atoms with E-state index in [0.717, 1.165) is 5.69 Å². The summed E-state index contributed by atoms with van der Waals surface area (Å²) in [7, 11) is 0. The maximum absolute atomic E-state index is 12.2. The lowest BCUT2D eigenvalue weighted by atomic mass is 10.1. The number of pyridine rings is 1. The molecular formula is C15H11N3O3. The molecule has 0 aliphatic carbocycles. The van der Waals surface area contributed by atoms with Gasteiger partial charge in [-0.3, -0.25) is 19.3 Å². The summed E-state index contributed by atoms with van der Waals surface area (Å²) in [5.74, 6) is 0. The molecule has 0 N–H and O–H groups in total. The van der Waals surface area contributed by atoms with Crippen LogP contribution < -0.4 is 5.56 Å². The molecule has 6 heteroatoms. The van der Waals surface area contributed by atoms with Crippen LogP contribution in [-0.4, -0.2) is 14.3 Å². The van der Waals surface area contributed by atoms with E-state index >= 15 is 0 Å². The van der Waals surface area contributed by atoms with Crippen LogP contribution in [0.2, 0.25) is 0 Å². The molecule has 3 aromatic rings. The Morgan fingerprint density at radius 2 is 1.86 bits per heavy atom. The van der Waals surface area contributed by atoms with Crippen molar-refractivity contribution < 1.29 is 4.92 Å². The van der Waals surface area contributed by atoms with E-state index in [2.05, 4.69) is 4.98 Å². The Labute approximate surface area is 119 Å². The van der Waals surface area contributed by atoms with Gasteiger partial charge in [-0.2, -0.15) is 0 Å². The summed E-state index contributed by atoms with van der Waals surface area (Å²) in [5.41, 5.74) is 2.36. The zero-order valence-corrected chi connectivity index (χ0v) is 11.2. The summed E-state index contributed by atoms with van der Waals surface area (Å²) in [6, 6.07) is 12.8. The van der Waals surface area contributed by atoms with Crippen LogP contribution in [0.15, 0.2) is 53.3 Å². The SMILES string of the molecule is Cc1cccc2nc(-c3ccc([N+](=O)[O-])cc3)cc(=O)n12. The minimum atomic E-state index is -0.462. The fraction of sp³-hybridized carbons (Fsp3) is 0.0667. The Bertz CT molecular complexity index is 898. The van der Waals surface area contributed by atoms with Gasteiger partial charge in [0.05, 0.1) is 10.6 Å². The van der Waals surface area contributed by atoms with Crippen molar-refractivity contribution in [1.82, 2.24) is 9.38 Å². The molecule has 0 aliphatic heterocycles. The summed E-state index contributed by atoms with van der Waals surface area (Å²) in [4.78, 5) is 26.8. The first kappa shape index (κ1) is 13.0. The van der Waals surface area contributed by atoms with Gasteiger partial charge in [-0.15, -0.1) is 0 Å². The van der Waals surface area contributed by atoms with E-state index in [4.69, 9.17) is 0 Å². The van der Waals surface area contributed by atoms with Gasteiger partial charge in [-0.05, 0) is 31.2 Å². The standard InChI is InChI=1S/C15H11N3O3/c1-10-3-2-4-14-16-13(9-15(19)17(10)14)11-5-7-12(8-6-11)18(20)21/h2-9H,1H3. The Kier molecular flexibility index (Phi) is 2.98. The maximum Gasteiger partial charge on any atom is 0.269 e. The summed E-state index contributed by atoms with van der Waals surface area (Å²) < 4.78 is 1.52. The Morgan fingerprint density at radius 3 is 2.52 bits per heavy atom. The van der Waals surface area contributed by atoms with Crippen molar-refractivity contribution in [2.24, 2.45) is 0 Å². The molecular weight excluding hydrogens is 270 g/mol. The number of nitro benzene ring substituents is 1. The van der Waals surface area contributed by atoms with E-state index in [-0.39, 0.29) is 11.2 Å². The van der Waals surface area contributed by atoms with Crippen molar-refractivity contribution in [3.05, 3.63) is 74.7 Å². The predicted octanol–water partition coefficient (Wildman–Crippen LogP) is 2.58. The smallest absolute Gasteiger partial charge is 0.269 e. The maximum atomic E-state index is 12.2. The third-order valence-electron chi connectivity index (χ3n) is 3.25. The average Bonchev–Trinajstić information content (AvgIpc) is 2.47. The molecule has 2 aromatic heterocycles. The van der Waals surface area contributed by atoms with Crippen LogP contribution in [0.5, 0.6) is 0 Å². The highest BCUT2D eigenvalue weighted by molar-refractivity contribution is 5.63. The molecule has 2 heterocycles. The topological polar surface area (TPSA) is 77.5 Å². The molecule has 0 amide bonds. The van der Waals surface area contributed by atoms with Crippen molar-refractivity contribution >= 4 is 11.3 Å². The van der Waals surface area contributed by atoms with Gasteiger partial charge in [0.1, 0.15) is 5.65 Å². The molecule has 21 heavy (non-hydrogen) atoms. The zero-order valence-electron chi connectivity index (χ0n) is 11.2. The number of nitro groups is 1. The van der Waals surface area contributed by atoms with E-state index in [1.165, 1.54) is 22.6 Å². The number of hydrogen-bond donors (Lipinski definition) is 0. The lowest BCUT2D eigenvalue weighted by Gasteiger charge is -2.06. The molecule has 0 bridgehead atoms. The van der Waals surface area contributed by atoms with Gasteiger partial charge < -0.3 is 0 Å². The second-order valence-corrected chi connectivity index (χ2v) is 4.64. The minimum absolute atomic E-state index is 0.00658. The van der Waals surface area contributed by atoms with Gasteiger partial charge in [0.2, 0.25) is 0 Å². The lowest BCUT2D eigenvalue weighted by molar-refractivity contribution is -0.384. The number of rotatable bonds is 2. The molecule has 0 radical (unpaired) electrons. The van der Waals surface area contributed by atoms with Crippen molar-refractivity contribution in [2.75, 3.05) is 0 Å². The Balaban J connectivity index is 2.17. The van der Waals surface area contributed by atoms with E-state index in [1.807, 2.05) is 19.1 Å². The van der Waals surface area contributed by atoms with Crippen LogP contribution in [0.25, 0.3) is 16.9 Å². The lowest BCUT2D eigenvalue weighted by Crippen LogP contribution is -2.16. The van der Waals surface area contributed by atoms with Crippen LogP contribution in [0.3, 0.4) is 0 Å².